The summed E-state index contributed by atoms with van der Waals surface area (Å²) in [6, 6.07) is 0. The summed E-state index contributed by atoms with van der Waals surface area (Å²) in [5.74, 6) is 2.51. The van der Waals surface area contributed by atoms with E-state index in [0.717, 1.165) is 32.1 Å². The van der Waals surface area contributed by atoms with Gasteiger partial charge in [0.25, 0.3) is 0 Å². The normalized spacial score (nSPS) is 48.5. The van der Waals surface area contributed by atoms with Crippen molar-refractivity contribution in [1.82, 2.24) is 0 Å². The van der Waals surface area contributed by atoms with Crippen LogP contribution in [-0.4, -0.2) is 11.6 Å². The first-order valence-corrected chi connectivity index (χ1v) is 8.43. The van der Waals surface area contributed by atoms with Gasteiger partial charge in [0.05, 0.1) is 0 Å². The predicted molar refractivity (Wildman–Crippen MR) is 81.6 cm³/mol. The van der Waals surface area contributed by atoms with Crippen LogP contribution in [0.5, 0.6) is 0 Å². The lowest BCUT2D eigenvalue weighted by Crippen LogP contribution is -2.49. The Morgan fingerprint density at radius 3 is 2.67 bits per heavy atom. The molecule has 0 bridgehead atoms. The topological polar surface area (TPSA) is 34.1 Å². The molecular weight excluding hydrogens is 260 g/mol. The van der Waals surface area contributed by atoms with E-state index in [2.05, 4.69) is 19.9 Å². The van der Waals surface area contributed by atoms with Gasteiger partial charge in [-0.25, -0.2) is 0 Å². The number of hydrogen-bond donors (Lipinski definition) is 0. The molecule has 4 aliphatic carbocycles. The van der Waals surface area contributed by atoms with Crippen LogP contribution in [0.25, 0.3) is 0 Å². The molecule has 4 aliphatic rings. The molecule has 0 unspecified atom stereocenters. The van der Waals surface area contributed by atoms with E-state index in [4.69, 9.17) is 0 Å². The summed E-state index contributed by atoms with van der Waals surface area (Å²) in [4.78, 5) is 24.0. The van der Waals surface area contributed by atoms with E-state index >= 15 is 0 Å². The van der Waals surface area contributed by atoms with Crippen molar-refractivity contribution in [1.29, 1.82) is 0 Å². The van der Waals surface area contributed by atoms with Crippen LogP contribution in [0.1, 0.15) is 52.4 Å². The molecule has 4 rings (SSSR count). The molecule has 2 heteroatoms. The Bertz CT molecular complexity index is 584. The van der Waals surface area contributed by atoms with Gasteiger partial charge >= 0.3 is 0 Å². The molecule has 0 aliphatic heterocycles. The van der Waals surface area contributed by atoms with Crippen molar-refractivity contribution in [3.63, 3.8) is 0 Å². The molecule has 3 saturated carbocycles. The quantitative estimate of drug-likeness (QED) is 0.677. The minimum atomic E-state index is -0.0487. The van der Waals surface area contributed by atoms with E-state index in [-0.39, 0.29) is 16.6 Å². The summed E-state index contributed by atoms with van der Waals surface area (Å²) < 4.78 is 0. The molecule has 0 amide bonds. The van der Waals surface area contributed by atoms with Gasteiger partial charge in [0.15, 0.2) is 5.78 Å². The van der Waals surface area contributed by atoms with Crippen molar-refractivity contribution in [2.45, 2.75) is 52.4 Å². The fourth-order valence-electron chi connectivity index (χ4n) is 5.97. The summed E-state index contributed by atoms with van der Waals surface area (Å²) in [6.45, 7) is 4.54. The Morgan fingerprint density at radius 1 is 1.05 bits per heavy atom. The Kier molecular flexibility index (Phi) is 2.68. The Hall–Kier alpha value is -1.18. The van der Waals surface area contributed by atoms with Crippen LogP contribution in [-0.2, 0) is 9.59 Å². The van der Waals surface area contributed by atoms with Crippen LogP contribution in [0.4, 0.5) is 0 Å². The molecule has 3 fully saturated rings. The van der Waals surface area contributed by atoms with Gasteiger partial charge in [-0.2, -0.15) is 0 Å². The van der Waals surface area contributed by atoms with Gasteiger partial charge in [-0.05, 0) is 62.0 Å². The summed E-state index contributed by atoms with van der Waals surface area (Å²) in [6.07, 6.45) is 12.1. The largest absolute Gasteiger partial charge is 0.299 e. The van der Waals surface area contributed by atoms with E-state index in [9.17, 15) is 9.59 Å². The molecule has 2 nitrogen and oxygen atoms in total. The Balaban J connectivity index is 1.72. The highest BCUT2D eigenvalue weighted by Gasteiger charge is 2.58. The monoisotopic (exact) mass is 284 g/mol. The van der Waals surface area contributed by atoms with Crippen LogP contribution >= 0.6 is 0 Å². The maximum absolute atomic E-state index is 12.3. The van der Waals surface area contributed by atoms with E-state index in [1.54, 1.807) is 6.08 Å². The van der Waals surface area contributed by atoms with Crippen molar-refractivity contribution in [2.24, 2.45) is 28.6 Å². The van der Waals surface area contributed by atoms with Gasteiger partial charge in [0.2, 0.25) is 0 Å². The number of hydrogen-bond acceptors (Lipinski definition) is 2. The highest BCUT2D eigenvalue weighted by Crippen LogP contribution is 2.63. The van der Waals surface area contributed by atoms with Crippen molar-refractivity contribution in [3.8, 4) is 0 Å². The lowest BCUT2D eigenvalue weighted by molar-refractivity contribution is -0.131. The number of Topliss-reactive ketones (excluding diaryl/α,β-unsaturated/α-hetero) is 1. The molecule has 5 atom stereocenters. The van der Waals surface area contributed by atoms with Crippen molar-refractivity contribution < 1.29 is 9.59 Å². The number of rotatable bonds is 0. The van der Waals surface area contributed by atoms with E-state index in [0.29, 0.717) is 23.5 Å². The molecule has 0 aromatic rings. The lowest BCUT2D eigenvalue weighted by atomic mass is 9.48. The number of ketones is 2. The highest BCUT2D eigenvalue weighted by atomic mass is 16.1. The summed E-state index contributed by atoms with van der Waals surface area (Å²) >= 11 is 0. The highest BCUT2D eigenvalue weighted by molar-refractivity contribution is 6.01. The van der Waals surface area contributed by atoms with E-state index < -0.39 is 0 Å². The number of allylic oxidation sites excluding steroid dienone is 4. The number of carbonyl (C=O) groups excluding carboxylic acids is 2. The molecule has 112 valence electrons. The maximum atomic E-state index is 12.3. The van der Waals surface area contributed by atoms with Gasteiger partial charge < -0.3 is 0 Å². The summed E-state index contributed by atoms with van der Waals surface area (Å²) in [7, 11) is 0. The zero-order valence-corrected chi connectivity index (χ0v) is 13.0. The molecule has 0 N–H and O–H groups in total. The number of carbonyl (C=O) groups is 2. The fourth-order valence-corrected chi connectivity index (χ4v) is 5.97. The second-order valence-electron chi connectivity index (χ2n) is 8.02. The third kappa shape index (κ3) is 1.65. The van der Waals surface area contributed by atoms with Gasteiger partial charge in [0.1, 0.15) is 5.78 Å². The standard InChI is InChI=1S/C19H24O2/c1-18-9-7-13(20)11-12(18)3-4-14-15-5-6-17(21)19(15,2)10-8-16(14)18/h7,9,11,14-16H,3-6,8,10H2,1-2H3/t14-,15+,16-,18-,19-/m1/s1. The lowest BCUT2D eigenvalue weighted by Gasteiger charge is -2.55. The van der Waals surface area contributed by atoms with E-state index in [1.807, 2.05) is 6.08 Å². The Morgan fingerprint density at radius 2 is 1.86 bits per heavy atom. The first-order chi connectivity index (χ1) is 9.95. The van der Waals surface area contributed by atoms with E-state index in [1.165, 1.54) is 12.0 Å². The number of fused-ring (bicyclic) bond motifs is 5. The second kappa shape index (κ2) is 4.18. The molecule has 0 aromatic heterocycles. The average molecular weight is 284 g/mol. The first-order valence-electron chi connectivity index (χ1n) is 8.43. The molecule has 0 aromatic carbocycles. The molecule has 0 spiro atoms. The molecule has 0 saturated heterocycles. The third-order valence-electron chi connectivity index (χ3n) is 7.27. The minimum absolute atomic E-state index is 0.0487. The van der Waals surface area contributed by atoms with Crippen molar-refractivity contribution >= 4 is 11.6 Å². The zero-order valence-electron chi connectivity index (χ0n) is 13.0. The van der Waals surface area contributed by atoms with Gasteiger partial charge in [-0.3, -0.25) is 9.59 Å². The molecule has 21 heavy (non-hydrogen) atoms. The zero-order chi connectivity index (χ0) is 14.8. The van der Waals surface area contributed by atoms with Crippen LogP contribution in [0.3, 0.4) is 0 Å². The predicted octanol–water partition coefficient (Wildman–Crippen LogP) is 3.86. The molecule has 0 heterocycles. The summed E-state index contributed by atoms with van der Waals surface area (Å²) in [5, 5.41) is 0. The van der Waals surface area contributed by atoms with Crippen LogP contribution < -0.4 is 0 Å². The SMILES string of the molecule is C[C@@]12CC[C@@H]3[C@H](CCC4=CC(=O)C=C[C@]43C)[C@@H]1CCC2=O. The smallest absolute Gasteiger partial charge is 0.178 e. The van der Waals surface area contributed by atoms with Crippen LogP contribution in [0, 0.1) is 28.6 Å². The first kappa shape index (κ1) is 13.5. The molecular formula is C19H24O2. The van der Waals surface area contributed by atoms with Gasteiger partial charge in [-0.15, -0.1) is 0 Å². The molecule has 0 radical (unpaired) electrons. The average Bonchev–Trinajstić information content (AvgIpc) is 2.76. The van der Waals surface area contributed by atoms with Crippen LogP contribution in [0.2, 0.25) is 0 Å². The maximum Gasteiger partial charge on any atom is 0.178 e. The van der Waals surface area contributed by atoms with Crippen molar-refractivity contribution in [3.05, 3.63) is 23.8 Å². The Labute approximate surface area is 126 Å². The minimum Gasteiger partial charge on any atom is -0.299 e. The van der Waals surface area contributed by atoms with Crippen molar-refractivity contribution in [2.75, 3.05) is 0 Å². The van der Waals surface area contributed by atoms with Gasteiger partial charge in [-0.1, -0.05) is 25.5 Å². The fraction of sp³-hybridized carbons (Fsp3) is 0.684. The van der Waals surface area contributed by atoms with Crippen LogP contribution in [0.15, 0.2) is 23.8 Å². The van der Waals surface area contributed by atoms with Gasteiger partial charge in [0, 0.05) is 17.3 Å². The third-order valence-corrected chi connectivity index (χ3v) is 7.27. The second-order valence-corrected chi connectivity index (χ2v) is 8.02. The summed E-state index contributed by atoms with van der Waals surface area (Å²) in [5.41, 5.74) is 1.35.